The zero-order chi connectivity index (χ0) is 13.5. The van der Waals surface area contributed by atoms with Crippen LogP contribution in [0.1, 0.15) is 6.92 Å². The van der Waals surface area contributed by atoms with Crippen LogP contribution in [0.2, 0.25) is 0 Å². The van der Waals surface area contributed by atoms with Crippen LogP contribution in [0, 0.1) is 0 Å². The fourth-order valence-electron chi connectivity index (χ4n) is 1.75. The summed E-state index contributed by atoms with van der Waals surface area (Å²) < 4.78 is 27.1. The van der Waals surface area contributed by atoms with E-state index in [0.29, 0.717) is 0 Å². The number of piperazine rings is 1. The van der Waals surface area contributed by atoms with E-state index in [1.54, 1.807) is 17.8 Å². The Kier molecular flexibility index (Phi) is 2.99. The lowest BCUT2D eigenvalue weighted by Crippen LogP contribution is -2.58. The van der Waals surface area contributed by atoms with Crippen molar-refractivity contribution in [2.45, 2.75) is 17.9 Å². The first kappa shape index (κ1) is 12.8. The third-order valence-electron chi connectivity index (χ3n) is 2.78. The van der Waals surface area contributed by atoms with E-state index < -0.39 is 27.9 Å². The molecule has 2 heterocycles. The Hall–Kier alpha value is -1.67. The van der Waals surface area contributed by atoms with Gasteiger partial charge in [0, 0.05) is 19.4 Å². The number of aryl methyl sites for hydroxylation is 1. The van der Waals surface area contributed by atoms with Gasteiger partial charge in [-0.3, -0.25) is 14.9 Å². The van der Waals surface area contributed by atoms with E-state index in [9.17, 15) is 18.0 Å². The van der Waals surface area contributed by atoms with Crippen molar-refractivity contribution in [2.24, 2.45) is 7.05 Å². The monoisotopic (exact) mass is 271 g/mol. The van der Waals surface area contributed by atoms with Crippen LogP contribution in [0.3, 0.4) is 0 Å². The zero-order valence-electron chi connectivity index (χ0n) is 9.95. The van der Waals surface area contributed by atoms with Crippen molar-refractivity contribution in [3.05, 3.63) is 18.5 Å². The van der Waals surface area contributed by atoms with Crippen molar-refractivity contribution in [1.82, 2.24) is 14.2 Å². The molecular weight excluding hydrogens is 258 g/mol. The first-order valence-electron chi connectivity index (χ1n) is 5.30. The van der Waals surface area contributed by atoms with Crippen LogP contribution in [0.4, 0.5) is 0 Å². The molecule has 7 nitrogen and oxygen atoms in total. The summed E-state index contributed by atoms with van der Waals surface area (Å²) in [7, 11) is -2.13. The molecule has 1 atom stereocenters. The molecule has 0 saturated carbocycles. The second-order valence-corrected chi connectivity index (χ2v) is 6.04. The molecule has 1 fully saturated rings. The van der Waals surface area contributed by atoms with Gasteiger partial charge in [0.2, 0.25) is 21.8 Å². The molecule has 0 aliphatic carbocycles. The van der Waals surface area contributed by atoms with Gasteiger partial charge in [0.15, 0.2) is 0 Å². The minimum Gasteiger partial charge on any atom is -0.356 e. The van der Waals surface area contributed by atoms with Gasteiger partial charge >= 0.3 is 0 Å². The van der Waals surface area contributed by atoms with Crippen LogP contribution < -0.4 is 5.32 Å². The predicted octanol–water partition coefficient (Wildman–Crippen LogP) is -0.939. The lowest BCUT2D eigenvalue weighted by Gasteiger charge is -2.30. The minimum atomic E-state index is -3.83. The minimum absolute atomic E-state index is 0.0688. The van der Waals surface area contributed by atoms with Crippen LogP contribution in [0.25, 0.3) is 0 Å². The van der Waals surface area contributed by atoms with Crippen molar-refractivity contribution < 1.29 is 18.0 Å². The molecule has 1 aliphatic rings. The molecule has 1 unspecified atom stereocenters. The van der Waals surface area contributed by atoms with Crippen LogP contribution in [0.5, 0.6) is 0 Å². The van der Waals surface area contributed by atoms with E-state index in [1.165, 1.54) is 19.2 Å². The Morgan fingerprint density at radius 3 is 2.61 bits per heavy atom. The number of nitrogens with zero attached hydrogens (tertiary/aromatic N) is 2. The lowest BCUT2D eigenvalue weighted by atomic mass is 10.2. The second-order valence-electron chi connectivity index (χ2n) is 4.15. The third-order valence-corrected chi connectivity index (χ3v) is 4.68. The van der Waals surface area contributed by atoms with Gasteiger partial charge in [-0.25, -0.2) is 8.42 Å². The molecule has 2 rings (SSSR count). The fourth-order valence-corrected chi connectivity index (χ4v) is 3.35. The van der Waals surface area contributed by atoms with E-state index in [0.717, 1.165) is 4.31 Å². The first-order valence-corrected chi connectivity index (χ1v) is 6.74. The summed E-state index contributed by atoms with van der Waals surface area (Å²) >= 11 is 0. The molecule has 0 aromatic carbocycles. The Morgan fingerprint density at radius 1 is 1.39 bits per heavy atom. The van der Waals surface area contributed by atoms with E-state index in [4.69, 9.17) is 0 Å². The summed E-state index contributed by atoms with van der Waals surface area (Å²) in [5, 5.41) is 2.10. The molecule has 18 heavy (non-hydrogen) atoms. The summed E-state index contributed by atoms with van der Waals surface area (Å²) in [6, 6.07) is 0.534. The van der Waals surface area contributed by atoms with E-state index in [2.05, 4.69) is 5.32 Å². The van der Waals surface area contributed by atoms with Crippen LogP contribution in [0.15, 0.2) is 23.4 Å². The third kappa shape index (κ3) is 2.04. The highest BCUT2D eigenvalue weighted by atomic mass is 32.2. The highest BCUT2D eigenvalue weighted by molar-refractivity contribution is 7.89. The van der Waals surface area contributed by atoms with E-state index in [1.807, 2.05) is 0 Å². The number of hydrogen-bond acceptors (Lipinski definition) is 4. The Balaban J connectivity index is 2.40. The van der Waals surface area contributed by atoms with E-state index >= 15 is 0 Å². The summed E-state index contributed by atoms with van der Waals surface area (Å²) in [4.78, 5) is 22.8. The quantitative estimate of drug-likeness (QED) is 0.703. The largest absolute Gasteiger partial charge is 0.356 e. The first-order chi connectivity index (χ1) is 8.32. The van der Waals surface area contributed by atoms with Gasteiger partial charge in [-0.15, -0.1) is 0 Å². The number of rotatable bonds is 2. The highest BCUT2D eigenvalue weighted by Crippen LogP contribution is 2.19. The second kappa shape index (κ2) is 4.21. The smallest absolute Gasteiger partial charge is 0.245 e. The summed E-state index contributed by atoms with van der Waals surface area (Å²) in [6.07, 6.45) is 3.02. The van der Waals surface area contributed by atoms with Crippen molar-refractivity contribution >= 4 is 21.8 Å². The molecule has 1 N–H and O–H groups in total. The molecule has 0 bridgehead atoms. The van der Waals surface area contributed by atoms with Gasteiger partial charge in [-0.2, -0.15) is 4.31 Å². The van der Waals surface area contributed by atoms with Crippen LogP contribution >= 0.6 is 0 Å². The Morgan fingerprint density at radius 2 is 2.06 bits per heavy atom. The number of nitrogens with one attached hydrogen (secondary N) is 1. The maximum absolute atomic E-state index is 12.3. The molecule has 0 spiro atoms. The standard InChI is InChI=1S/C10H13N3O4S/c1-7-10(15)11-9(14)6-13(7)18(16,17)8-3-4-12(2)5-8/h3-5,7H,6H2,1-2H3,(H,11,14,15). The van der Waals surface area contributed by atoms with Gasteiger partial charge in [-0.1, -0.05) is 0 Å². The van der Waals surface area contributed by atoms with Gasteiger partial charge in [0.05, 0.1) is 11.4 Å². The van der Waals surface area contributed by atoms with Crippen LogP contribution in [-0.2, 0) is 26.7 Å². The van der Waals surface area contributed by atoms with E-state index in [-0.39, 0.29) is 11.4 Å². The fraction of sp³-hybridized carbons (Fsp3) is 0.400. The Bertz CT molecular complexity index is 604. The molecular formula is C10H13N3O4S. The SMILES string of the molecule is CC1C(=O)NC(=O)CN1S(=O)(=O)c1ccn(C)c1. The summed E-state index contributed by atoms with van der Waals surface area (Å²) in [6.45, 7) is 1.10. The highest BCUT2D eigenvalue weighted by Gasteiger charge is 2.39. The maximum atomic E-state index is 12.3. The number of hydrogen-bond donors (Lipinski definition) is 1. The molecule has 2 amide bonds. The number of sulfonamides is 1. The number of carbonyl (C=O) groups excluding carboxylic acids is 2. The zero-order valence-corrected chi connectivity index (χ0v) is 10.8. The van der Waals surface area contributed by atoms with Crippen molar-refractivity contribution in [3.8, 4) is 0 Å². The van der Waals surface area contributed by atoms with Gasteiger partial charge < -0.3 is 4.57 Å². The van der Waals surface area contributed by atoms with Crippen molar-refractivity contribution in [1.29, 1.82) is 0 Å². The molecule has 0 radical (unpaired) electrons. The normalized spacial score (nSPS) is 22.0. The number of amides is 2. The van der Waals surface area contributed by atoms with Crippen molar-refractivity contribution in [3.63, 3.8) is 0 Å². The molecule has 1 aromatic heterocycles. The van der Waals surface area contributed by atoms with Gasteiger partial charge in [0.1, 0.15) is 6.04 Å². The summed E-state index contributed by atoms with van der Waals surface area (Å²) in [5.41, 5.74) is 0. The molecule has 1 aliphatic heterocycles. The number of aromatic nitrogens is 1. The predicted molar refractivity (Wildman–Crippen MR) is 61.9 cm³/mol. The van der Waals surface area contributed by atoms with Gasteiger partial charge in [0.25, 0.3) is 0 Å². The molecule has 1 saturated heterocycles. The number of imide groups is 1. The van der Waals surface area contributed by atoms with Crippen LogP contribution in [-0.4, -0.2) is 41.7 Å². The average molecular weight is 271 g/mol. The average Bonchev–Trinajstić information content (AvgIpc) is 2.70. The molecule has 8 heteroatoms. The number of carbonyl (C=O) groups is 2. The van der Waals surface area contributed by atoms with Gasteiger partial charge in [-0.05, 0) is 13.0 Å². The van der Waals surface area contributed by atoms with Crippen molar-refractivity contribution in [2.75, 3.05) is 6.54 Å². The summed E-state index contributed by atoms with van der Waals surface area (Å²) in [5.74, 6) is -1.22. The maximum Gasteiger partial charge on any atom is 0.245 e. The Labute approximate surface area is 104 Å². The lowest BCUT2D eigenvalue weighted by molar-refractivity contribution is -0.136. The molecule has 98 valence electrons. The topological polar surface area (TPSA) is 88.5 Å². The molecule has 1 aromatic rings.